The van der Waals surface area contributed by atoms with Crippen molar-refractivity contribution in [1.29, 1.82) is 0 Å². The zero-order valence-corrected chi connectivity index (χ0v) is 16.3. The Morgan fingerprint density at radius 3 is 2.43 bits per heavy atom. The number of carbonyl (C=O) groups is 1. The monoisotopic (exact) mass is 423 g/mol. The van der Waals surface area contributed by atoms with E-state index in [1.807, 2.05) is 6.07 Å². The predicted molar refractivity (Wildman–Crippen MR) is 103 cm³/mol. The topological polar surface area (TPSA) is 58.4 Å². The van der Waals surface area contributed by atoms with Gasteiger partial charge < -0.3 is 16.0 Å². The van der Waals surface area contributed by atoms with Crippen molar-refractivity contribution in [3.8, 4) is 0 Å². The number of anilines is 1. The number of carbonyl (C=O) groups excluding carboxylic acids is 1. The fourth-order valence-electron chi connectivity index (χ4n) is 3.74. The van der Waals surface area contributed by atoms with E-state index in [4.69, 9.17) is 5.73 Å². The van der Waals surface area contributed by atoms with E-state index in [0.717, 1.165) is 17.3 Å². The molecule has 1 amide bonds. The standard InChI is InChI=1S/C16H22BrN3O.2ClH/c1-20-12-3-2-4-13(20)9-11(8-12)19-16(21)14-6-5-10(17)7-15(14)18;;/h5-7,11-13H,2-4,8-9,18H2,1H3,(H,19,21);2*1H. The summed E-state index contributed by atoms with van der Waals surface area (Å²) >= 11 is 3.37. The van der Waals surface area contributed by atoms with Crippen LogP contribution in [0.3, 0.4) is 0 Å². The molecule has 0 aliphatic carbocycles. The fourth-order valence-corrected chi connectivity index (χ4v) is 4.12. The molecule has 0 saturated carbocycles. The van der Waals surface area contributed by atoms with E-state index in [1.165, 1.54) is 19.3 Å². The summed E-state index contributed by atoms with van der Waals surface area (Å²) in [6.45, 7) is 0. The van der Waals surface area contributed by atoms with Gasteiger partial charge in [-0.2, -0.15) is 0 Å². The number of halogens is 3. The average molecular weight is 425 g/mol. The van der Waals surface area contributed by atoms with Crippen LogP contribution in [0.4, 0.5) is 5.69 Å². The van der Waals surface area contributed by atoms with Crippen molar-refractivity contribution in [1.82, 2.24) is 10.2 Å². The van der Waals surface area contributed by atoms with Crippen molar-refractivity contribution >= 4 is 52.3 Å². The SMILES string of the molecule is CN1C2CCCC1CC(NC(=O)c1ccc(Br)cc1N)C2.Cl.Cl. The summed E-state index contributed by atoms with van der Waals surface area (Å²) in [5, 5.41) is 3.18. The quantitative estimate of drug-likeness (QED) is 0.712. The minimum atomic E-state index is -0.0485. The third kappa shape index (κ3) is 4.53. The molecule has 7 heteroatoms. The lowest BCUT2D eigenvalue weighted by Crippen LogP contribution is -2.55. The van der Waals surface area contributed by atoms with Gasteiger partial charge in [0.25, 0.3) is 5.91 Å². The number of hydrogen-bond donors (Lipinski definition) is 2. The lowest BCUT2D eigenvalue weighted by atomic mass is 9.82. The van der Waals surface area contributed by atoms with Gasteiger partial charge in [0, 0.05) is 28.3 Å². The Hall–Kier alpha value is -0.490. The zero-order chi connectivity index (χ0) is 15.0. The first-order valence-electron chi connectivity index (χ1n) is 7.62. The third-order valence-corrected chi connectivity index (χ3v) is 5.43. The number of nitrogens with one attached hydrogen (secondary N) is 1. The van der Waals surface area contributed by atoms with Gasteiger partial charge in [-0.15, -0.1) is 24.8 Å². The molecular weight excluding hydrogens is 401 g/mol. The molecule has 2 unspecified atom stereocenters. The van der Waals surface area contributed by atoms with Crippen molar-refractivity contribution in [3.63, 3.8) is 0 Å². The molecule has 4 nitrogen and oxygen atoms in total. The van der Waals surface area contributed by atoms with Gasteiger partial charge in [0.2, 0.25) is 0 Å². The second-order valence-electron chi connectivity index (χ2n) is 6.28. The van der Waals surface area contributed by atoms with Gasteiger partial charge in [0.1, 0.15) is 0 Å². The van der Waals surface area contributed by atoms with E-state index in [2.05, 4.69) is 33.2 Å². The number of nitrogens with zero attached hydrogens (tertiary/aromatic N) is 1. The molecule has 0 spiro atoms. The largest absolute Gasteiger partial charge is 0.398 e. The molecule has 2 fully saturated rings. The van der Waals surface area contributed by atoms with Crippen LogP contribution < -0.4 is 11.1 Å². The normalized spacial score (nSPS) is 26.6. The van der Waals surface area contributed by atoms with Crippen LogP contribution in [0.5, 0.6) is 0 Å². The van der Waals surface area contributed by atoms with Crippen molar-refractivity contribution in [2.24, 2.45) is 0 Å². The highest BCUT2D eigenvalue weighted by Crippen LogP contribution is 2.32. The first-order valence-corrected chi connectivity index (χ1v) is 8.41. The summed E-state index contributed by atoms with van der Waals surface area (Å²) in [5.74, 6) is -0.0485. The maximum atomic E-state index is 12.4. The first kappa shape index (κ1) is 20.6. The number of piperidine rings is 2. The van der Waals surface area contributed by atoms with Gasteiger partial charge in [0.15, 0.2) is 0 Å². The highest BCUT2D eigenvalue weighted by Gasteiger charge is 2.36. The van der Waals surface area contributed by atoms with Crippen molar-refractivity contribution in [3.05, 3.63) is 28.2 Å². The van der Waals surface area contributed by atoms with Gasteiger partial charge in [-0.05, 0) is 50.9 Å². The number of hydrogen-bond acceptors (Lipinski definition) is 3. The highest BCUT2D eigenvalue weighted by atomic mass is 79.9. The molecule has 2 saturated heterocycles. The van der Waals surface area contributed by atoms with Crippen LogP contribution >= 0.6 is 40.7 Å². The van der Waals surface area contributed by atoms with Gasteiger partial charge >= 0.3 is 0 Å². The van der Waals surface area contributed by atoms with Crippen LogP contribution in [0.15, 0.2) is 22.7 Å². The third-order valence-electron chi connectivity index (χ3n) is 4.93. The molecule has 2 aliphatic rings. The zero-order valence-electron chi connectivity index (χ0n) is 13.1. The van der Waals surface area contributed by atoms with Crippen LogP contribution in [-0.4, -0.2) is 36.0 Å². The van der Waals surface area contributed by atoms with Gasteiger partial charge in [-0.3, -0.25) is 4.79 Å². The molecule has 1 aromatic rings. The number of fused-ring (bicyclic) bond motifs is 2. The van der Waals surface area contributed by atoms with Crippen LogP contribution in [0.2, 0.25) is 0 Å². The number of nitrogens with two attached hydrogens (primary N) is 1. The second kappa shape index (κ2) is 8.56. The molecule has 2 atom stereocenters. The highest BCUT2D eigenvalue weighted by molar-refractivity contribution is 9.10. The maximum Gasteiger partial charge on any atom is 0.253 e. The van der Waals surface area contributed by atoms with Crippen LogP contribution in [0.1, 0.15) is 42.5 Å². The minimum Gasteiger partial charge on any atom is -0.398 e. The summed E-state index contributed by atoms with van der Waals surface area (Å²) in [5.41, 5.74) is 7.04. The molecule has 2 bridgehead atoms. The van der Waals surface area contributed by atoms with E-state index in [9.17, 15) is 4.79 Å². The lowest BCUT2D eigenvalue weighted by molar-refractivity contribution is 0.0463. The molecular formula is C16H24BrCl2N3O. The number of nitrogen functional groups attached to an aromatic ring is 1. The Bertz CT molecular complexity index is 544. The molecule has 23 heavy (non-hydrogen) atoms. The van der Waals surface area contributed by atoms with Crippen molar-refractivity contribution in [2.45, 2.75) is 50.2 Å². The molecule has 3 rings (SSSR count). The Morgan fingerprint density at radius 2 is 1.87 bits per heavy atom. The minimum absolute atomic E-state index is 0. The van der Waals surface area contributed by atoms with Crippen LogP contribution in [0, 0.1) is 0 Å². The Labute approximate surface area is 158 Å². The van der Waals surface area contributed by atoms with E-state index in [-0.39, 0.29) is 36.8 Å². The molecule has 2 aliphatic heterocycles. The van der Waals surface area contributed by atoms with E-state index in [1.54, 1.807) is 12.1 Å². The van der Waals surface area contributed by atoms with E-state index in [0.29, 0.717) is 23.3 Å². The summed E-state index contributed by atoms with van der Waals surface area (Å²) < 4.78 is 0.894. The lowest BCUT2D eigenvalue weighted by Gasteiger charge is -2.47. The molecule has 3 N–H and O–H groups in total. The van der Waals surface area contributed by atoms with Crippen molar-refractivity contribution in [2.75, 3.05) is 12.8 Å². The smallest absolute Gasteiger partial charge is 0.253 e. The Kier molecular flexibility index (Phi) is 7.65. The average Bonchev–Trinajstić information content (AvgIpc) is 2.39. The molecule has 130 valence electrons. The van der Waals surface area contributed by atoms with Crippen LogP contribution in [0.25, 0.3) is 0 Å². The van der Waals surface area contributed by atoms with Crippen molar-refractivity contribution < 1.29 is 4.79 Å². The summed E-state index contributed by atoms with van der Waals surface area (Å²) in [6, 6.07) is 6.92. The Morgan fingerprint density at radius 1 is 1.26 bits per heavy atom. The molecule has 1 aromatic carbocycles. The first-order chi connectivity index (χ1) is 10.0. The summed E-state index contributed by atoms with van der Waals surface area (Å²) in [7, 11) is 2.22. The van der Waals surface area contributed by atoms with Gasteiger partial charge in [-0.1, -0.05) is 22.4 Å². The van der Waals surface area contributed by atoms with Crippen LogP contribution in [-0.2, 0) is 0 Å². The summed E-state index contributed by atoms with van der Waals surface area (Å²) in [4.78, 5) is 14.9. The van der Waals surface area contributed by atoms with E-state index < -0.39 is 0 Å². The molecule has 0 radical (unpaired) electrons. The maximum absolute atomic E-state index is 12.4. The van der Waals surface area contributed by atoms with E-state index >= 15 is 0 Å². The fraction of sp³-hybridized carbons (Fsp3) is 0.562. The molecule has 0 aromatic heterocycles. The predicted octanol–water partition coefficient (Wildman–Crippen LogP) is 3.62. The number of benzene rings is 1. The number of rotatable bonds is 2. The van der Waals surface area contributed by atoms with Gasteiger partial charge in [0.05, 0.1) is 5.56 Å². The summed E-state index contributed by atoms with van der Waals surface area (Å²) in [6.07, 6.45) is 5.92. The second-order valence-corrected chi connectivity index (χ2v) is 7.19. The van der Waals surface area contributed by atoms with Gasteiger partial charge in [-0.25, -0.2) is 0 Å². The number of amides is 1. The Balaban J connectivity index is 0.00000132. The molecule has 2 heterocycles.